The van der Waals surface area contributed by atoms with E-state index in [0.717, 1.165) is 5.56 Å². The van der Waals surface area contributed by atoms with Crippen LogP contribution in [0.1, 0.15) is 28.8 Å². The smallest absolute Gasteiger partial charge is 0.204 e. The van der Waals surface area contributed by atoms with Crippen LogP contribution < -0.4 is 29.0 Å². The molecule has 0 saturated carbocycles. The first-order chi connectivity index (χ1) is 15.5. The molecule has 1 heterocycles. The highest BCUT2D eigenvalue weighted by atomic mass is 16.5. The molecule has 2 aromatic carbocycles. The maximum atomic E-state index is 13.5. The predicted octanol–water partition coefficient (Wildman–Crippen LogP) is 2.59. The first-order valence-electron chi connectivity index (χ1n) is 10.4. The lowest BCUT2D eigenvalue weighted by Gasteiger charge is -2.29. The van der Waals surface area contributed by atoms with Gasteiger partial charge >= 0.3 is 0 Å². The van der Waals surface area contributed by atoms with E-state index in [4.69, 9.17) is 23.7 Å². The van der Waals surface area contributed by atoms with Crippen LogP contribution in [0.3, 0.4) is 0 Å². The minimum absolute atomic E-state index is 0.00336. The van der Waals surface area contributed by atoms with E-state index in [2.05, 4.69) is 5.32 Å². The van der Waals surface area contributed by atoms with Crippen molar-refractivity contribution in [3.8, 4) is 28.7 Å². The number of benzene rings is 2. The predicted molar refractivity (Wildman–Crippen MR) is 120 cm³/mol. The Morgan fingerprint density at radius 3 is 2.19 bits per heavy atom. The van der Waals surface area contributed by atoms with Gasteiger partial charge in [0, 0.05) is 18.6 Å². The van der Waals surface area contributed by atoms with Gasteiger partial charge in [-0.1, -0.05) is 6.07 Å². The molecule has 1 fully saturated rings. The number of nitrogens with one attached hydrogen (secondary N) is 1. The zero-order chi connectivity index (χ0) is 23.3. The van der Waals surface area contributed by atoms with E-state index in [0.29, 0.717) is 53.7 Å². The number of methoxy groups -OCH3 is 5. The van der Waals surface area contributed by atoms with Gasteiger partial charge in [-0.3, -0.25) is 4.79 Å². The Hall–Kier alpha value is -2.97. The molecule has 0 bridgehead atoms. The molecule has 32 heavy (non-hydrogen) atoms. The van der Waals surface area contributed by atoms with Crippen molar-refractivity contribution in [2.45, 2.75) is 24.3 Å². The van der Waals surface area contributed by atoms with Crippen molar-refractivity contribution in [3.63, 3.8) is 0 Å². The molecule has 2 N–H and O–H groups in total. The van der Waals surface area contributed by atoms with Crippen molar-refractivity contribution in [2.75, 3.05) is 48.7 Å². The molecule has 8 heteroatoms. The van der Waals surface area contributed by atoms with Gasteiger partial charge in [0.2, 0.25) is 5.75 Å². The highest BCUT2D eigenvalue weighted by molar-refractivity contribution is 6.03. The number of aliphatic hydroxyl groups excluding tert-OH is 1. The number of hydrogen-bond acceptors (Lipinski definition) is 8. The van der Waals surface area contributed by atoms with Gasteiger partial charge in [-0.15, -0.1) is 0 Å². The molecular weight excluding hydrogens is 414 g/mol. The number of ether oxygens (including phenoxy) is 5. The number of hydrogen-bond donors (Lipinski definition) is 2. The van der Waals surface area contributed by atoms with Gasteiger partial charge in [0.05, 0.1) is 47.2 Å². The van der Waals surface area contributed by atoms with E-state index >= 15 is 0 Å². The number of Topliss-reactive ketones (excluding diaryl/α,β-unsaturated/α-hetero) is 1. The van der Waals surface area contributed by atoms with Gasteiger partial charge < -0.3 is 34.1 Å². The van der Waals surface area contributed by atoms with Gasteiger partial charge in [-0.05, 0) is 42.7 Å². The molecule has 0 aliphatic carbocycles. The summed E-state index contributed by atoms with van der Waals surface area (Å²) in [6.07, 6.45) is 1.02. The fourth-order valence-electron chi connectivity index (χ4n) is 4.46. The Bertz CT molecular complexity index is 962. The van der Waals surface area contributed by atoms with E-state index in [1.807, 2.05) is 18.2 Å². The second kappa shape index (κ2) is 10.1. The standard InChI is InChI=1S/C24H31NO7/c1-28-18-8-6-15(12-20(18)30-3)24(10-11-26)13-17(25-14-24)21(27)16-7-9-19(29-2)23(32-5)22(16)31-4/h6-9,12,17,25-26H,10-11,13-14H2,1-5H3. The van der Waals surface area contributed by atoms with E-state index in [9.17, 15) is 9.90 Å². The summed E-state index contributed by atoms with van der Waals surface area (Å²) < 4.78 is 27.1. The van der Waals surface area contributed by atoms with E-state index in [-0.39, 0.29) is 12.4 Å². The van der Waals surface area contributed by atoms with Crippen molar-refractivity contribution >= 4 is 5.78 Å². The Morgan fingerprint density at radius 1 is 0.938 bits per heavy atom. The number of rotatable bonds is 10. The minimum Gasteiger partial charge on any atom is -0.493 e. The van der Waals surface area contributed by atoms with Gasteiger partial charge in [-0.25, -0.2) is 0 Å². The van der Waals surface area contributed by atoms with Crippen LogP contribution in [0, 0.1) is 0 Å². The molecular formula is C24H31NO7. The van der Waals surface area contributed by atoms with Crippen LogP contribution in [0.25, 0.3) is 0 Å². The highest BCUT2D eigenvalue weighted by Crippen LogP contribution is 2.43. The maximum Gasteiger partial charge on any atom is 0.204 e. The largest absolute Gasteiger partial charge is 0.493 e. The monoisotopic (exact) mass is 445 g/mol. The molecule has 2 atom stereocenters. The van der Waals surface area contributed by atoms with E-state index < -0.39 is 11.5 Å². The number of carbonyl (C=O) groups excluding carboxylic acids is 1. The summed E-state index contributed by atoms with van der Waals surface area (Å²) in [5.74, 6) is 2.33. The Kier molecular flexibility index (Phi) is 7.48. The third-order valence-electron chi connectivity index (χ3n) is 6.15. The first kappa shape index (κ1) is 23.7. The SMILES string of the molecule is COc1ccc(C2(CCO)CNC(C(=O)c3ccc(OC)c(OC)c3OC)C2)cc1OC. The summed E-state index contributed by atoms with van der Waals surface area (Å²) in [5.41, 5.74) is 0.958. The second-order valence-corrected chi connectivity index (χ2v) is 7.71. The maximum absolute atomic E-state index is 13.5. The third kappa shape index (κ3) is 4.20. The van der Waals surface area contributed by atoms with E-state index in [1.54, 1.807) is 26.4 Å². The summed E-state index contributed by atoms with van der Waals surface area (Å²) in [6, 6.07) is 8.65. The third-order valence-corrected chi connectivity index (χ3v) is 6.15. The molecule has 8 nitrogen and oxygen atoms in total. The zero-order valence-electron chi connectivity index (χ0n) is 19.2. The fraction of sp³-hybridized carbons (Fsp3) is 0.458. The van der Waals surface area contributed by atoms with Gasteiger partial charge in [0.1, 0.15) is 0 Å². The molecule has 174 valence electrons. The number of aliphatic hydroxyl groups is 1. The van der Waals surface area contributed by atoms with Crippen LogP contribution in [0.5, 0.6) is 28.7 Å². The normalized spacial score (nSPS) is 20.0. The number of ketones is 1. The molecule has 2 unspecified atom stereocenters. The molecule has 0 aromatic heterocycles. The average molecular weight is 446 g/mol. The van der Waals surface area contributed by atoms with Crippen molar-refractivity contribution < 1.29 is 33.6 Å². The molecule has 1 aliphatic rings. The lowest BCUT2D eigenvalue weighted by Crippen LogP contribution is -2.31. The molecule has 1 aliphatic heterocycles. The lowest BCUT2D eigenvalue weighted by molar-refractivity contribution is 0.0944. The zero-order valence-corrected chi connectivity index (χ0v) is 19.2. The average Bonchev–Trinajstić information content (AvgIpc) is 3.27. The Balaban J connectivity index is 1.95. The van der Waals surface area contributed by atoms with E-state index in [1.165, 1.54) is 21.3 Å². The topological polar surface area (TPSA) is 95.5 Å². The second-order valence-electron chi connectivity index (χ2n) is 7.71. The number of carbonyl (C=O) groups is 1. The quantitative estimate of drug-likeness (QED) is 0.539. The van der Waals surface area contributed by atoms with Gasteiger partial charge in [-0.2, -0.15) is 0 Å². The molecule has 2 aromatic rings. The molecule has 0 radical (unpaired) electrons. The van der Waals surface area contributed by atoms with Crippen LogP contribution >= 0.6 is 0 Å². The summed E-state index contributed by atoms with van der Waals surface area (Å²) in [7, 11) is 7.71. The van der Waals surface area contributed by atoms with Crippen LogP contribution in [-0.2, 0) is 5.41 Å². The lowest BCUT2D eigenvalue weighted by atomic mass is 9.75. The summed E-state index contributed by atoms with van der Waals surface area (Å²) in [4.78, 5) is 13.5. The Labute approximate surface area is 188 Å². The fourth-order valence-corrected chi connectivity index (χ4v) is 4.46. The van der Waals surface area contributed by atoms with Gasteiger partial charge in [0.25, 0.3) is 0 Å². The Morgan fingerprint density at radius 2 is 1.59 bits per heavy atom. The molecule has 0 spiro atoms. The van der Waals surface area contributed by atoms with Crippen LogP contribution in [0.2, 0.25) is 0 Å². The summed E-state index contributed by atoms with van der Waals surface area (Å²) in [6.45, 7) is 0.533. The molecule has 3 rings (SSSR count). The summed E-state index contributed by atoms with van der Waals surface area (Å²) >= 11 is 0. The molecule has 0 amide bonds. The minimum atomic E-state index is -0.457. The highest BCUT2D eigenvalue weighted by Gasteiger charge is 2.43. The van der Waals surface area contributed by atoms with Crippen molar-refractivity contribution in [1.82, 2.24) is 5.32 Å². The molecule has 1 saturated heterocycles. The first-order valence-corrected chi connectivity index (χ1v) is 10.4. The van der Waals surface area contributed by atoms with Crippen molar-refractivity contribution in [2.24, 2.45) is 0 Å². The van der Waals surface area contributed by atoms with Crippen LogP contribution in [0.15, 0.2) is 30.3 Å². The van der Waals surface area contributed by atoms with Crippen LogP contribution in [0.4, 0.5) is 0 Å². The van der Waals surface area contributed by atoms with Crippen LogP contribution in [-0.4, -0.2) is 65.6 Å². The van der Waals surface area contributed by atoms with Crippen molar-refractivity contribution in [1.29, 1.82) is 0 Å². The summed E-state index contributed by atoms with van der Waals surface area (Å²) in [5, 5.41) is 13.2. The van der Waals surface area contributed by atoms with Gasteiger partial charge in [0.15, 0.2) is 28.8 Å². The van der Waals surface area contributed by atoms with Crippen molar-refractivity contribution in [3.05, 3.63) is 41.5 Å².